The second-order valence-electron chi connectivity index (χ2n) is 15.0. The van der Waals surface area contributed by atoms with E-state index in [1.807, 2.05) is 0 Å². The van der Waals surface area contributed by atoms with Gasteiger partial charge in [-0.3, -0.25) is 0 Å². The van der Waals surface area contributed by atoms with Gasteiger partial charge in [0.05, 0.1) is 27.8 Å². The zero-order valence-electron chi connectivity index (χ0n) is 29.7. The van der Waals surface area contributed by atoms with E-state index in [9.17, 15) is 0 Å². The molecule has 2 heteroatoms. The lowest BCUT2D eigenvalue weighted by Crippen LogP contribution is -2.14. The first-order valence-electron chi connectivity index (χ1n) is 18.5. The largest absolute Gasteiger partial charge is 0.309 e. The predicted molar refractivity (Wildman–Crippen MR) is 224 cm³/mol. The molecule has 2 heterocycles. The van der Waals surface area contributed by atoms with Crippen molar-refractivity contribution in [1.29, 1.82) is 0 Å². The van der Waals surface area contributed by atoms with E-state index in [-0.39, 0.29) is 5.41 Å². The predicted octanol–water partition coefficient (Wildman–Crippen LogP) is 13.5. The van der Waals surface area contributed by atoms with Gasteiger partial charge >= 0.3 is 0 Å². The molecule has 0 saturated heterocycles. The molecule has 53 heavy (non-hydrogen) atoms. The molecule has 0 fully saturated rings. The van der Waals surface area contributed by atoms with Crippen molar-refractivity contribution in [3.8, 4) is 44.8 Å². The molecule has 1 aliphatic rings. The van der Waals surface area contributed by atoms with Crippen LogP contribution in [0.4, 0.5) is 0 Å². The fraction of sp³-hybridized carbons (Fsp3) is 0.0588. The first-order chi connectivity index (χ1) is 26.1. The molecule has 11 rings (SSSR count). The molecular formula is C51H36N2. The number of benzene rings is 8. The summed E-state index contributed by atoms with van der Waals surface area (Å²) in [6, 6.07) is 67.0. The van der Waals surface area contributed by atoms with Gasteiger partial charge in [-0.1, -0.05) is 147 Å². The minimum absolute atomic E-state index is 0.0566. The van der Waals surface area contributed by atoms with Crippen LogP contribution in [-0.4, -0.2) is 9.13 Å². The first kappa shape index (κ1) is 30.0. The lowest BCUT2D eigenvalue weighted by molar-refractivity contribution is 0.660. The molecule has 0 unspecified atom stereocenters. The number of aromatic nitrogens is 2. The maximum atomic E-state index is 2.49. The lowest BCUT2D eigenvalue weighted by Gasteiger charge is -2.21. The van der Waals surface area contributed by atoms with E-state index in [2.05, 4.69) is 205 Å². The van der Waals surface area contributed by atoms with Crippen LogP contribution in [0.5, 0.6) is 0 Å². The molecule has 10 aromatic rings. The van der Waals surface area contributed by atoms with Gasteiger partial charge < -0.3 is 9.13 Å². The van der Waals surface area contributed by atoms with Crippen LogP contribution in [0.25, 0.3) is 88.4 Å². The van der Waals surface area contributed by atoms with Gasteiger partial charge in [0.15, 0.2) is 0 Å². The second-order valence-corrected chi connectivity index (χ2v) is 15.0. The second kappa shape index (κ2) is 11.2. The molecule has 0 aliphatic heterocycles. The quantitative estimate of drug-likeness (QED) is 0.176. The molecule has 0 atom stereocenters. The highest BCUT2D eigenvalue weighted by atomic mass is 15.0. The van der Waals surface area contributed by atoms with Crippen LogP contribution in [0.1, 0.15) is 25.0 Å². The summed E-state index contributed by atoms with van der Waals surface area (Å²) in [7, 11) is 0. The van der Waals surface area contributed by atoms with Crippen LogP contribution in [0.3, 0.4) is 0 Å². The SMILES string of the molecule is CC1(C)c2ccccc2-c2c(-n3c4ccccc4c4cc(-c5ccc6c7ccccc7n(-c7ccc(-c8ccccc8)cc7)c6c5)ccc43)cccc21. The van der Waals surface area contributed by atoms with Gasteiger partial charge in [0.1, 0.15) is 0 Å². The highest BCUT2D eigenvalue weighted by Crippen LogP contribution is 2.51. The molecule has 2 nitrogen and oxygen atoms in total. The maximum Gasteiger partial charge on any atom is 0.0547 e. The van der Waals surface area contributed by atoms with Crippen molar-refractivity contribution >= 4 is 43.6 Å². The Hall–Kier alpha value is -6.64. The molecule has 0 bridgehead atoms. The van der Waals surface area contributed by atoms with Gasteiger partial charge in [0.2, 0.25) is 0 Å². The molecule has 250 valence electrons. The zero-order chi connectivity index (χ0) is 35.3. The van der Waals surface area contributed by atoms with E-state index in [0.717, 1.165) is 5.69 Å². The average molecular weight is 677 g/mol. The van der Waals surface area contributed by atoms with Crippen molar-refractivity contribution in [1.82, 2.24) is 9.13 Å². The number of fused-ring (bicyclic) bond motifs is 9. The Kier molecular flexibility index (Phi) is 6.33. The van der Waals surface area contributed by atoms with Crippen molar-refractivity contribution in [2.24, 2.45) is 0 Å². The molecule has 0 N–H and O–H groups in total. The summed E-state index contributed by atoms with van der Waals surface area (Å²) in [4.78, 5) is 0. The van der Waals surface area contributed by atoms with Crippen molar-refractivity contribution in [2.75, 3.05) is 0 Å². The van der Waals surface area contributed by atoms with Gasteiger partial charge in [0.25, 0.3) is 0 Å². The van der Waals surface area contributed by atoms with Gasteiger partial charge in [-0.05, 0) is 87.5 Å². The topological polar surface area (TPSA) is 9.86 Å². The highest BCUT2D eigenvalue weighted by molar-refractivity contribution is 6.13. The molecule has 0 radical (unpaired) electrons. The van der Waals surface area contributed by atoms with Crippen LogP contribution < -0.4 is 0 Å². The minimum Gasteiger partial charge on any atom is -0.309 e. The molecule has 2 aromatic heterocycles. The summed E-state index contributed by atoms with van der Waals surface area (Å²) in [6.07, 6.45) is 0. The Balaban J connectivity index is 1.09. The van der Waals surface area contributed by atoms with Crippen molar-refractivity contribution in [3.63, 3.8) is 0 Å². The van der Waals surface area contributed by atoms with E-state index in [1.165, 1.54) is 93.8 Å². The fourth-order valence-corrected chi connectivity index (χ4v) is 9.20. The molecule has 0 saturated carbocycles. The monoisotopic (exact) mass is 676 g/mol. The number of para-hydroxylation sites is 2. The summed E-state index contributed by atoms with van der Waals surface area (Å²) in [5.74, 6) is 0. The van der Waals surface area contributed by atoms with Crippen LogP contribution in [0.2, 0.25) is 0 Å². The Morgan fingerprint density at radius 1 is 0.358 bits per heavy atom. The van der Waals surface area contributed by atoms with Gasteiger partial charge in [-0.2, -0.15) is 0 Å². The number of hydrogen-bond acceptors (Lipinski definition) is 0. The Bertz CT molecular complexity index is 3060. The summed E-state index contributed by atoms with van der Waals surface area (Å²) in [5, 5.41) is 5.05. The third-order valence-electron chi connectivity index (χ3n) is 11.7. The van der Waals surface area contributed by atoms with E-state index in [1.54, 1.807) is 0 Å². The van der Waals surface area contributed by atoms with E-state index in [0.29, 0.717) is 0 Å². The summed E-state index contributed by atoms with van der Waals surface area (Å²) in [5.41, 5.74) is 17.5. The van der Waals surface area contributed by atoms with E-state index < -0.39 is 0 Å². The minimum atomic E-state index is -0.0566. The van der Waals surface area contributed by atoms with Crippen LogP contribution >= 0.6 is 0 Å². The summed E-state index contributed by atoms with van der Waals surface area (Å²) in [6.45, 7) is 4.71. The fourth-order valence-electron chi connectivity index (χ4n) is 9.20. The van der Waals surface area contributed by atoms with Crippen LogP contribution in [-0.2, 0) is 5.41 Å². The van der Waals surface area contributed by atoms with E-state index >= 15 is 0 Å². The smallest absolute Gasteiger partial charge is 0.0547 e. The summed E-state index contributed by atoms with van der Waals surface area (Å²) >= 11 is 0. The Morgan fingerprint density at radius 2 is 0.925 bits per heavy atom. The van der Waals surface area contributed by atoms with Crippen molar-refractivity contribution in [3.05, 3.63) is 193 Å². The normalized spacial score (nSPS) is 13.2. The van der Waals surface area contributed by atoms with Crippen LogP contribution in [0.15, 0.2) is 182 Å². The maximum absolute atomic E-state index is 2.49. The molecule has 8 aromatic carbocycles. The number of hydrogen-bond donors (Lipinski definition) is 0. The first-order valence-corrected chi connectivity index (χ1v) is 18.5. The third kappa shape index (κ3) is 4.33. The highest BCUT2D eigenvalue weighted by Gasteiger charge is 2.37. The van der Waals surface area contributed by atoms with Gasteiger partial charge in [-0.25, -0.2) is 0 Å². The van der Waals surface area contributed by atoms with Crippen molar-refractivity contribution < 1.29 is 0 Å². The standard InChI is InChI=1S/C51H36N2/c1-51(2)43-18-9-6-17-41(43)50-44(51)19-12-22-48(50)53-46-21-11-8-16-39(46)42-31-35(26-30-47(42)53)36-25-29-40-38-15-7-10-20-45(38)52(49(40)32-36)37-27-23-34(24-28-37)33-13-4-3-5-14-33/h3-32H,1-2H3. The van der Waals surface area contributed by atoms with Gasteiger partial charge in [0, 0.05) is 38.2 Å². The number of nitrogens with zero attached hydrogens (tertiary/aromatic N) is 2. The zero-order valence-corrected chi connectivity index (χ0v) is 29.7. The van der Waals surface area contributed by atoms with Crippen LogP contribution in [0, 0.1) is 0 Å². The molecule has 0 amide bonds. The Morgan fingerprint density at radius 3 is 1.74 bits per heavy atom. The lowest BCUT2D eigenvalue weighted by atomic mass is 9.82. The molecule has 0 spiro atoms. The van der Waals surface area contributed by atoms with E-state index in [4.69, 9.17) is 0 Å². The average Bonchev–Trinajstić information content (AvgIpc) is 3.81. The Labute approximate surface area is 308 Å². The molecule has 1 aliphatic carbocycles. The van der Waals surface area contributed by atoms with Crippen molar-refractivity contribution in [2.45, 2.75) is 19.3 Å². The van der Waals surface area contributed by atoms with Gasteiger partial charge in [-0.15, -0.1) is 0 Å². The summed E-state index contributed by atoms with van der Waals surface area (Å²) < 4.78 is 4.91. The number of rotatable bonds is 4. The molecular weight excluding hydrogens is 641 g/mol. The third-order valence-corrected chi connectivity index (χ3v) is 11.7.